The summed E-state index contributed by atoms with van der Waals surface area (Å²) in [5.74, 6) is 0. The third-order valence-electron chi connectivity index (χ3n) is 3.16. The van der Waals surface area contributed by atoms with E-state index in [1.165, 1.54) is 0 Å². The summed E-state index contributed by atoms with van der Waals surface area (Å²) in [6.45, 7) is 0.875. The molecule has 118 valence electrons. The van der Waals surface area contributed by atoms with Crippen molar-refractivity contribution in [3.8, 4) is 0 Å². The number of aliphatic hydroxyl groups is 2. The normalized spacial score (nSPS) is 11.9. The van der Waals surface area contributed by atoms with E-state index in [1.807, 2.05) is 30.3 Å². The molecule has 21 heavy (non-hydrogen) atoms. The lowest BCUT2D eigenvalue weighted by Gasteiger charge is -2.09. The standard InChI is InChI=1S/C16H25NO4/c18-12-10-15(19)9-5-2-6-11-17-16(20)21-13-14-7-3-1-4-8-14/h1,3-4,7-8,15,18-19H,2,5-6,9-13H2,(H,17,20). The van der Waals surface area contributed by atoms with Crippen molar-refractivity contribution < 1.29 is 19.7 Å². The fraction of sp³-hybridized carbons (Fsp3) is 0.562. The Kier molecular flexibility index (Phi) is 9.24. The zero-order valence-electron chi connectivity index (χ0n) is 12.3. The number of alkyl carbamates (subject to hydrolysis) is 1. The van der Waals surface area contributed by atoms with Crippen molar-refractivity contribution in [1.82, 2.24) is 5.32 Å². The summed E-state index contributed by atoms with van der Waals surface area (Å²) in [4.78, 5) is 11.4. The number of amides is 1. The maximum absolute atomic E-state index is 11.4. The van der Waals surface area contributed by atoms with E-state index in [0.29, 0.717) is 19.4 Å². The second-order valence-electron chi connectivity index (χ2n) is 5.00. The van der Waals surface area contributed by atoms with Crippen LogP contribution in [-0.4, -0.2) is 35.6 Å². The van der Waals surface area contributed by atoms with E-state index in [0.717, 1.165) is 24.8 Å². The zero-order chi connectivity index (χ0) is 15.3. The van der Waals surface area contributed by atoms with Gasteiger partial charge in [-0.25, -0.2) is 4.79 Å². The second-order valence-corrected chi connectivity index (χ2v) is 5.00. The molecule has 0 aliphatic heterocycles. The Labute approximate surface area is 125 Å². The molecule has 1 atom stereocenters. The van der Waals surface area contributed by atoms with Gasteiger partial charge in [0.25, 0.3) is 0 Å². The smallest absolute Gasteiger partial charge is 0.407 e. The highest BCUT2D eigenvalue weighted by atomic mass is 16.5. The third kappa shape index (κ3) is 9.05. The van der Waals surface area contributed by atoms with Crippen LogP contribution in [0.25, 0.3) is 0 Å². The summed E-state index contributed by atoms with van der Waals surface area (Å²) in [6, 6.07) is 9.54. The first-order valence-electron chi connectivity index (χ1n) is 7.46. The topological polar surface area (TPSA) is 78.8 Å². The molecule has 0 bridgehead atoms. The predicted molar refractivity (Wildman–Crippen MR) is 80.8 cm³/mol. The number of nitrogens with one attached hydrogen (secondary N) is 1. The quantitative estimate of drug-likeness (QED) is 0.578. The zero-order valence-corrected chi connectivity index (χ0v) is 12.3. The SMILES string of the molecule is O=C(NCCCCCC(O)CCO)OCc1ccccc1. The van der Waals surface area contributed by atoms with Crippen LogP contribution in [0.4, 0.5) is 4.79 Å². The fourth-order valence-corrected chi connectivity index (χ4v) is 1.94. The van der Waals surface area contributed by atoms with Crippen LogP contribution in [0.2, 0.25) is 0 Å². The van der Waals surface area contributed by atoms with E-state index < -0.39 is 12.2 Å². The van der Waals surface area contributed by atoms with E-state index >= 15 is 0 Å². The minimum absolute atomic E-state index is 0.0238. The maximum atomic E-state index is 11.4. The number of rotatable bonds is 10. The summed E-state index contributed by atoms with van der Waals surface area (Å²) >= 11 is 0. The number of aliphatic hydroxyl groups excluding tert-OH is 2. The summed E-state index contributed by atoms with van der Waals surface area (Å²) in [6.07, 6.45) is 2.98. The molecule has 5 nitrogen and oxygen atoms in total. The minimum atomic E-state index is -0.418. The van der Waals surface area contributed by atoms with Gasteiger partial charge < -0.3 is 20.3 Å². The Hall–Kier alpha value is -1.59. The number of hydrogen-bond acceptors (Lipinski definition) is 4. The Morgan fingerprint density at radius 2 is 1.90 bits per heavy atom. The molecule has 0 saturated heterocycles. The van der Waals surface area contributed by atoms with E-state index in [4.69, 9.17) is 9.84 Å². The summed E-state index contributed by atoms with van der Waals surface area (Å²) < 4.78 is 5.09. The van der Waals surface area contributed by atoms with Crippen molar-refractivity contribution in [3.05, 3.63) is 35.9 Å². The third-order valence-corrected chi connectivity index (χ3v) is 3.16. The van der Waals surface area contributed by atoms with Crippen LogP contribution in [0.15, 0.2) is 30.3 Å². The molecule has 0 fully saturated rings. The Balaban J connectivity index is 1.96. The Morgan fingerprint density at radius 1 is 1.14 bits per heavy atom. The molecule has 1 aromatic rings. The van der Waals surface area contributed by atoms with Gasteiger partial charge in [0.1, 0.15) is 6.61 Å². The van der Waals surface area contributed by atoms with E-state index in [9.17, 15) is 9.90 Å². The molecule has 0 saturated carbocycles. The molecule has 1 aromatic carbocycles. The highest BCUT2D eigenvalue weighted by molar-refractivity contribution is 5.67. The number of ether oxygens (including phenoxy) is 1. The van der Waals surface area contributed by atoms with Crippen molar-refractivity contribution in [2.24, 2.45) is 0 Å². The lowest BCUT2D eigenvalue weighted by molar-refractivity contribution is 0.122. The van der Waals surface area contributed by atoms with Gasteiger partial charge in [-0.2, -0.15) is 0 Å². The van der Waals surface area contributed by atoms with E-state index in [-0.39, 0.29) is 13.2 Å². The Bertz CT molecular complexity index is 383. The van der Waals surface area contributed by atoms with Crippen LogP contribution < -0.4 is 5.32 Å². The number of carbonyl (C=O) groups is 1. The minimum Gasteiger partial charge on any atom is -0.445 e. The largest absolute Gasteiger partial charge is 0.445 e. The van der Waals surface area contributed by atoms with Gasteiger partial charge in [0, 0.05) is 13.2 Å². The molecule has 1 unspecified atom stereocenters. The van der Waals surface area contributed by atoms with Gasteiger partial charge in [-0.15, -0.1) is 0 Å². The molecule has 0 aromatic heterocycles. The van der Waals surface area contributed by atoms with Crippen molar-refractivity contribution in [2.75, 3.05) is 13.2 Å². The lowest BCUT2D eigenvalue weighted by atomic mass is 10.1. The molecule has 0 radical (unpaired) electrons. The Morgan fingerprint density at radius 3 is 2.62 bits per heavy atom. The molecule has 0 aliphatic rings. The van der Waals surface area contributed by atoms with Gasteiger partial charge >= 0.3 is 6.09 Å². The first-order valence-corrected chi connectivity index (χ1v) is 7.46. The average molecular weight is 295 g/mol. The molecule has 3 N–H and O–H groups in total. The van der Waals surface area contributed by atoms with Crippen LogP contribution in [-0.2, 0) is 11.3 Å². The van der Waals surface area contributed by atoms with Gasteiger partial charge in [-0.3, -0.25) is 0 Å². The predicted octanol–water partition coefficient (Wildman–Crippen LogP) is 2.22. The summed E-state index contributed by atoms with van der Waals surface area (Å²) in [5, 5.41) is 20.8. The molecular weight excluding hydrogens is 270 g/mol. The average Bonchev–Trinajstić information content (AvgIpc) is 2.50. The van der Waals surface area contributed by atoms with Crippen molar-refractivity contribution in [2.45, 2.75) is 44.8 Å². The molecular formula is C16H25NO4. The van der Waals surface area contributed by atoms with Crippen molar-refractivity contribution in [3.63, 3.8) is 0 Å². The summed E-state index contributed by atoms with van der Waals surface area (Å²) in [5.41, 5.74) is 0.963. The molecule has 1 amide bonds. The van der Waals surface area contributed by atoms with Gasteiger partial charge in [0.15, 0.2) is 0 Å². The van der Waals surface area contributed by atoms with Crippen LogP contribution in [0, 0.1) is 0 Å². The fourth-order valence-electron chi connectivity index (χ4n) is 1.94. The monoisotopic (exact) mass is 295 g/mol. The molecule has 1 rings (SSSR count). The van der Waals surface area contributed by atoms with E-state index in [2.05, 4.69) is 5.32 Å². The van der Waals surface area contributed by atoms with Crippen LogP contribution in [0.3, 0.4) is 0 Å². The molecule has 0 spiro atoms. The number of unbranched alkanes of at least 4 members (excludes halogenated alkanes) is 2. The second kappa shape index (κ2) is 11.1. The van der Waals surface area contributed by atoms with Gasteiger partial charge in [0.05, 0.1) is 6.10 Å². The lowest BCUT2D eigenvalue weighted by Crippen LogP contribution is -2.25. The van der Waals surface area contributed by atoms with Crippen LogP contribution in [0.5, 0.6) is 0 Å². The number of hydrogen-bond donors (Lipinski definition) is 3. The first-order chi connectivity index (χ1) is 10.2. The van der Waals surface area contributed by atoms with Crippen molar-refractivity contribution >= 4 is 6.09 Å². The summed E-state index contributed by atoms with van der Waals surface area (Å²) in [7, 11) is 0. The van der Waals surface area contributed by atoms with E-state index in [1.54, 1.807) is 0 Å². The molecule has 5 heteroatoms. The van der Waals surface area contributed by atoms with Gasteiger partial charge in [-0.1, -0.05) is 43.2 Å². The molecule has 0 heterocycles. The highest BCUT2D eigenvalue weighted by Crippen LogP contribution is 2.06. The molecule has 0 aliphatic carbocycles. The van der Waals surface area contributed by atoms with Crippen molar-refractivity contribution in [1.29, 1.82) is 0 Å². The van der Waals surface area contributed by atoms with Gasteiger partial charge in [-0.05, 0) is 24.8 Å². The van der Waals surface area contributed by atoms with Gasteiger partial charge in [0.2, 0.25) is 0 Å². The first kappa shape index (κ1) is 17.5. The van der Waals surface area contributed by atoms with Crippen LogP contribution >= 0.6 is 0 Å². The highest BCUT2D eigenvalue weighted by Gasteiger charge is 2.04. The van der Waals surface area contributed by atoms with Crippen LogP contribution in [0.1, 0.15) is 37.7 Å². The number of benzene rings is 1. The number of carbonyl (C=O) groups excluding carboxylic acids is 1. The maximum Gasteiger partial charge on any atom is 0.407 e.